The summed E-state index contributed by atoms with van der Waals surface area (Å²) >= 11 is 0. The van der Waals surface area contributed by atoms with Crippen molar-refractivity contribution >= 4 is 0 Å². The van der Waals surface area contributed by atoms with Gasteiger partial charge in [0.25, 0.3) is 0 Å². The highest BCUT2D eigenvalue weighted by molar-refractivity contribution is 5.12. The van der Waals surface area contributed by atoms with E-state index in [9.17, 15) is 0 Å². The molecule has 0 spiro atoms. The lowest BCUT2D eigenvalue weighted by Crippen LogP contribution is -2.34. The van der Waals surface area contributed by atoms with E-state index in [4.69, 9.17) is 10.3 Å². The minimum atomic E-state index is -0.236. The molecule has 0 radical (unpaired) electrons. The van der Waals surface area contributed by atoms with E-state index < -0.39 is 0 Å². The first-order chi connectivity index (χ1) is 7.04. The molecular weight excluding hydrogens is 190 g/mol. The molecule has 1 saturated heterocycles. The first kappa shape index (κ1) is 10.6. The first-order valence-electron chi connectivity index (χ1n) is 5.52. The van der Waals surface area contributed by atoms with E-state index in [1.807, 2.05) is 19.9 Å². The minimum absolute atomic E-state index is 0.236. The van der Waals surface area contributed by atoms with Crippen molar-refractivity contribution in [3.63, 3.8) is 0 Å². The third-order valence-corrected chi connectivity index (χ3v) is 2.62. The van der Waals surface area contributed by atoms with Crippen LogP contribution in [0.25, 0.3) is 0 Å². The Labute approximate surface area is 90.2 Å². The van der Waals surface area contributed by atoms with Gasteiger partial charge >= 0.3 is 0 Å². The molecule has 15 heavy (non-hydrogen) atoms. The fourth-order valence-corrected chi connectivity index (χ4v) is 1.96. The van der Waals surface area contributed by atoms with Gasteiger partial charge in [-0.1, -0.05) is 5.16 Å². The van der Waals surface area contributed by atoms with E-state index in [1.54, 1.807) is 0 Å². The maximum absolute atomic E-state index is 5.93. The summed E-state index contributed by atoms with van der Waals surface area (Å²) in [7, 11) is 0. The number of nitrogens with zero attached hydrogens (tertiary/aromatic N) is 1. The summed E-state index contributed by atoms with van der Waals surface area (Å²) < 4.78 is 5.28. The summed E-state index contributed by atoms with van der Waals surface area (Å²) in [6.45, 7) is 5.06. The van der Waals surface area contributed by atoms with Gasteiger partial charge in [-0.25, -0.2) is 0 Å². The molecule has 1 aliphatic rings. The Morgan fingerprint density at radius 3 is 3.07 bits per heavy atom. The Morgan fingerprint density at radius 2 is 2.47 bits per heavy atom. The number of nitrogens with two attached hydrogens (primary N) is 1. The number of aromatic nitrogens is 1. The lowest BCUT2D eigenvalue weighted by molar-refractivity contribution is 0.346. The van der Waals surface area contributed by atoms with Crippen LogP contribution in [0.15, 0.2) is 10.6 Å². The highest BCUT2D eigenvalue weighted by Crippen LogP contribution is 2.23. The maximum atomic E-state index is 5.93. The van der Waals surface area contributed by atoms with Gasteiger partial charge in [0.1, 0.15) is 11.5 Å². The normalized spacial score (nSPS) is 22.2. The minimum Gasteiger partial charge on any atom is -0.361 e. The molecule has 0 aromatic carbocycles. The average Bonchev–Trinajstić information content (AvgIpc) is 2.68. The smallest absolute Gasteiger partial charge is 0.138 e. The van der Waals surface area contributed by atoms with Crippen LogP contribution < -0.4 is 11.1 Å². The van der Waals surface area contributed by atoms with Gasteiger partial charge in [0.2, 0.25) is 0 Å². The zero-order valence-corrected chi connectivity index (χ0v) is 9.42. The van der Waals surface area contributed by atoms with Crippen LogP contribution in [0.4, 0.5) is 0 Å². The van der Waals surface area contributed by atoms with E-state index in [-0.39, 0.29) is 5.54 Å². The largest absolute Gasteiger partial charge is 0.361 e. The molecule has 3 N–H and O–H groups in total. The molecular formula is C11H19N3O. The molecule has 1 aromatic heterocycles. The lowest BCUT2D eigenvalue weighted by Gasteiger charge is -2.15. The Kier molecular flexibility index (Phi) is 2.80. The molecule has 1 unspecified atom stereocenters. The molecule has 0 amide bonds. The van der Waals surface area contributed by atoms with Gasteiger partial charge in [0.05, 0.1) is 6.04 Å². The zero-order chi connectivity index (χ0) is 10.9. The van der Waals surface area contributed by atoms with Crippen LogP contribution in [0.3, 0.4) is 0 Å². The molecule has 1 aromatic rings. The van der Waals surface area contributed by atoms with Crippen LogP contribution in [0.5, 0.6) is 0 Å². The molecule has 4 nitrogen and oxygen atoms in total. The number of nitrogens with one attached hydrogen (secondary N) is 1. The van der Waals surface area contributed by atoms with Gasteiger partial charge in [-0.05, 0) is 33.2 Å². The second-order valence-corrected chi connectivity index (χ2v) is 5.03. The third-order valence-electron chi connectivity index (χ3n) is 2.62. The second-order valence-electron chi connectivity index (χ2n) is 5.03. The predicted molar refractivity (Wildman–Crippen MR) is 58.5 cm³/mol. The van der Waals surface area contributed by atoms with E-state index in [0.717, 1.165) is 30.8 Å². The fourth-order valence-electron chi connectivity index (χ4n) is 1.96. The molecule has 0 aliphatic carbocycles. The highest BCUT2D eigenvalue weighted by atomic mass is 16.5. The summed E-state index contributed by atoms with van der Waals surface area (Å²) in [4.78, 5) is 0. The van der Waals surface area contributed by atoms with Gasteiger partial charge < -0.3 is 15.6 Å². The van der Waals surface area contributed by atoms with Crippen molar-refractivity contribution in [3.05, 3.63) is 17.5 Å². The fraction of sp³-hybridized carbons (Fsp3) is 0.727. The van der Waals surface area contributed by atoms with E-state index in [2.05, 4.69) is 10.5 Å². The van der Waals surface area contributed by atoms with E-state index in [1.165, 1.54) is 6.42 Å². The Bertz CT molecular complexity index is 321. The van der Waals surface area contributed by atoms with Crippen molar-refractivity contribution in [3.8, 4) is 0 Å². The van der Waals surface area contributed by atoms with Crippen molar-refractivity contribution in [2.45, 2.75) is 44.7 Å². The molecule has 0 saturated carbocycles. The van der Waals surface area contributed by atoms with Gasteiger partial charge in [-0.2, -0.15) is 0 Å². The van der Waals surface area contributed by atoms with E-state index >= 15 is 0 Å². The Hall–Kier alpha value is -0.870. The molecule has 2 rings (SSSR count). The molecule has 0 bridgehead atoms. The standard InChI is InChI=1S/C11H19N3O/c1-11(2,12)7-8-6-10(14-15-8)9-4-3-5-13-9/h6,9,13H,3-5,7,12H2,1-2H3. The topological polar surface area (TPSA) is 64.1 Å². The van der Waals surface area contributed by atoms with Gasteiger partial charge in [0.15, 0.2) is 0 Å². The van der Waals surface area contributed by atoms with Crippen LogP contribution in [-0.2, 0) is 6.42 Å². The summed E-state index contributed by atoms with van der Waals surface area (Å²) in [6.07, 6.45) is 3.10. The Balaban J connectivity index is 2.03. The van der Waals surface area contributed by atoms with Crippen LogP contribution >= 0.6 is 0 Å². The molecule has 1 atom stereocenters. The predicted octanol–water partition coefficient (Wildman–Crippen LogP) is 1.38. The summed E-state index contributed by atoms with van der Waals surface area (Å²) in [6, 6.07) is 2.40. The zero-order valence-electron chi connectivity index (χ0n) is 9.42. The van der Waals surface area contributed by atoms with Crippen molar-refractivity contribution in [1.29, 1.82) is 0 Å². The summed E-state index contributed by atoms with van der Waals surface area (Å²) in [5.41, 5.74) is 6.71. The lowest BCUT2D eigenvalue weighted by atomic mass is 10.0. The number of rotatable bonds is 3. The molecule has 84 valence electrons. The van der Waals surface area contributed by atoms with Crippen LogP contribution in [0, 0.1) is 0 Å². The molecule has 1 fully saturated rings. The van der Waals surface area contributed by atoms with Gasteiger partial charge in [0, 0.05) is 18.0 Å². The van der Waals surface area contributed by atoms with Crippen molar-refractivity contribution in [2.24, 2.45) is 5.73 Å². The molecule has 2 heterocycles. The van der Waals surface area contributed by atoms with Crippen LogP contribution in [0.2, 0.25) is 0 Å². The third kappa shape index (κ3) is 2.79. The van der Waals surface area contributed by atoms with Crippen molar-refractivity contribution in [2.75, 3.05) is 6.54 Å². The first-order valence-corrected chi connectivity index (χ1v) is 5.52. The number of hydrogen-bond acceptors (Lipinski definition) is 4. The summed E-state index contributed by atoms with van der Waals surface area (Å²) in [5, 5.41) is 7.48. The average molecular weight is 209 g/mol. The quantitative estimate of drug-likeness (QED) is 0.789. The van der Waals surface area contributed by atoms with Crippen LogP contribution in [-0.4, -0.2) is 17.2 Å². The maximum Gasteiger partial charge on any atom is 0.138 e. The van der Waals surface area contributed by atoms with Crippen molar-refractivity contribution in [1.82, 2.24) is 10.5 Å². The Morgan fingerprint density at radius 1 is 1.67 bits per heavy atom. The monoisotopic (exact) mass is 209 g/mol. The SMILES string of the molecule is CC(C)(N)Cc1cc(C2CCCN2)no1. The van der Waals surface area contributed by atoms with Gasteiger partial charge in [-0.3, -0.25) is 0 Å². The molecule has 4 heteroatoms. The van der Waals surface area contributed by atoms with E-state index in [0.29, 0.717) is 6.04 Å². The molecule has 1 aliphatic heterocycles. The number of hydrogen-bond donors (Lipinski definition) is 2. The van der Waals surface area contributed by atoms with Crippen LogP contribution in [0.1, 0.15) is 44.2 Å². The highest BCUT2D eigenvalue weighted by Gasteiger charge is 2.21. The van der Waals surface area contributed by atoms with Gasteiger partial charge in [-0.15, -0.1) is 0 Å². The van der Waals surface area contributed by atoms with Crippen molar-refractivity contribution < 1.29 is 4.52 Å². The second kappa shape index (κ2) is 3.94. The summed E-state index contributed by atoms with van der Waals surface area (Å²) in [5.74, 6) is 0.881.